The highest BCUT2D eigenvalue weighted by Crippen LogP contribution is 2.47. The molecule has 95 heavy (non-hydrogen) atoms. The largest absolute Gasteiger partial charge is 0.462 e. The zero-order valence-electron chi connectivity index (χ0n) is 54.9. The third kappa shape index (κ3) is 14.2. The van der Waals surface area contributed by atoms with Crippen LogP contribution in [0.25, 0.3) is 0 Å². The lowest BCUT2D eigenvalue weighted by atomic mass is 9.75. The molecule has 8 aromatic rings. The van der Waals surface area contributed by atoms with Gasteiger partial charge in [-0.3, -0.25) is 0 Å². The van der Waals surface area contributed by atoms with Gasteiger partial charge in [-0.15, -0.1) is 0 Å². The smallest absolute Gasteiger partial charge is 0.223 e. The summed E-state index contributed by atoms with van der Waals surface area (Å²) in [6.45, 7) is 22.5. The molecule has 0 saturated carbocycles. The molecule has 8 heterocycles. The van der Waals surface area contributed by atoms with Gasteiger partial charge in [0.1, 0.15) is 98.9 Å². The van der Waals surface area contributed by atoms with Gasteiger partial charge < -0.3 is 75.8 Å². The molecule has 0 spiro atoms. The van der Waals surface area contributed by atoms with Crippen molar-refractivity contribution in [1.29, 1.82) is 0 Å². The van der Waals surface area contributed by atoms with E-state index >= 15 is 0 Å². The number of ether oxygens (including phenoxy) is 16. The summed E-state index contributed by atoms with van der Waals surface area (Å²) < 4.78 is 96.9. The third-order valence-electron chi connectivity index (χ3n) is 19.4. The fraction of sp³-hybridized carbons (Fsp3) is 0.392. The molecule has 16 heteroatoms. The molecule has 0 N–H and O–H groups in total. The van der Waals surface area contributed by atoms with Gasteiger partial charge in [0.25, 0.3) is 0 Å². The highest BCUT2D eigenvalue weighted by molar-refractivity contribution is 5.60. The second-order valence-electron chi connectivity index (χ2n) is 28.1. The molecule has 8 aromatic carbocycles. The fourth-order valence-electron chi connectivity index (χ4n) is 12.6. The molecule has 0 amide bonds. The van der Waals surface area contributed by atoms with E-state index in [0.29, 0.717) is 72.1 Å². The van der Waals surface area contributed by atoms with Crippen LogP contribution in [-0.2, 0) is 78.8 Å². The number of benzene rings is 8. The second-order valence-corrected chi connectivity index (χ2v) is 28.1. The van der Waals surface area contributed by atoms with Crippen molar-refractivity contribution in [3.05, 3.63) is 236 Å². The summed E-state index contributed by atoms with van der Waals surface area (Å²) in [6.07, 6.45) is -1.08. The molecule has 0 radical (unpaired) electrons. The number of hydrogen-bond donors (Lipinski definition) is 0. The number of hydrogen-bond acceptors (Lipinski definition) is 16. The SMILES string of the molecule is CC(C)(c1ccc(OC2CO2)cc1)c1ccc(OC2CO2)c(Cc2cc(C(C)(C)c3ccc(OC4CO4)cc3)cc(Cc3cc(C(C)(C)c4ccc(OC5CO5)cc4)cc(Cc4cc(C(C)(C)c5ccc(OC6CO6)cc5)ccc4OC4CO4)c3OC3CO3)c2OC2CO2)c1. The molecule has 16 nitrogen and oxygen atoms in total. The van der Waals surface area contributed by atoms with Crippen molar-refractivity contribution in [2.45, 2.75) is 147 Å². The summed E-state index contributed by atoms with van der Waals surface area (Å²) in [5, 5.41) is 0. The van der Waals surface area contributed by atoms with Crippen LogP contribution in [0.5, 0.6) is 46.0 Å². The van der Waals surface area contributed by atoms with Gasteiger partial charge in [0.05, 0.1) is 0 Å². The Morgan fingerprint density at radius 1 is 0.242 bits per heavy atom. The van der Waals surface area contributed by atoms with E-state index in [4.69, 9.17) is 75.8 Å². The molecular weight excluding hydrogens is 1200 g/mol. The molecule has 8 aliphatic rings. The average Bonchev–Trinajstić information content (AvgIpc) is 1.72. The van der Waals surface area contributed by atoms with E-state index in [0.717, 1.165) is 124 Å². The van der Waals surface area contributed by atoms with Crippen LogP contribution in [0.2, 0.25) is 0 Å². The molecule has 16 rings (SSSR count). The molecule has 0 aliphatic carbocycles. The van der Waals surface area contributed by atoms with Crippen molar-refractivity contribution in [3.8, 4) is 46.0 Å². The first kappa shape index (κ1) is 61.7. The Morgan fingerprint density at radius 2 is 0.442 bits per heavy atom. The lowest BCUT2D eigenvalue weighted by Crippen LogP contribution is -2.22. The minimum atomic E-state index is -0.543. The van der Waals surface area contributed by atoms with Crippen LogP contribution >= 0.6 is 0 Å². The summed E-state index contributed by atoms with van der Waals surface area (Å²) in [6, 6.07) is 55.8. The van der Waals surface area contributed by atoms with E-state index in [1.54, 1.807) is 0 Å². The lowest BCUT2D eigenvalue weighted by molar-refractivity contribution is 0.174. The van der Waals surface area contributed by atoms with E-state index in [1.165, 1.54) is 0 Å². The Bertz CT molecular complexity index is 3840. The maximum Gasteiger partial charge on any atom is 0.223 e. The predicted octanol–water partition coefficient (Wildman–Crippen LogP) is 13.6. The highest BCUT2D eigenvalue weighted by atomic mass is 16.8. The molecule has 8 aliphatic heterocycles. The van der Waals surface area contributed by atoms with Crippen molar-refractivity contribution >= 4 is 0 Å². The summed E-state index contributed by atoms with van der Waals surface area (Å²) in [5.41, 5.74) is 12.8. The van der Waals surface area contributed by atoms with Gasteiger partial charge in [0.2, 0.25) is 50.3 Å². The van der Waals surface area contributed by atoms with E-state index in [2.05, 4.69) is 165 Å². The van der Waals surface area contributed by atoms with Crippen LogP contribution < -0.4 is 37.9 Å². The first-order chi connectivity index (χ1) is 45.9. The van der Waals surface area contributed by atoms with Crippen molar-refractivity contribution in [1.82, 2.24) is 0 Å². The Morgan fingerprint density at radius 3 is 0.695 bits per heavy atom. The van der Waals surface area contributed by atoms with Crippen molar-refractivity contribution in [2.24, 2.45) is 0 Å². The van der Waals surface area contributed by atoms with E-state index in [9.17, 15) is 0 Å². The average molecular weight is 1290 g/mol. The van der Waals surface area contributed by atoms with Gasteiger partial charge in [0, 0.05) is 40.9 Å². The first-order valence-corrected chi connectivity index (χ1v) is 33.2. The quantitative estimate of drug-likeness (QED) is 0.0389. The van der Waals surface area contributed by atoms with Crippen LogP contribution in [0.3, 0.4) is 0 Å². The van der Waals surface area contributed by atoms with Crippen LogP contribution in [0.1, 0.15) is 133 Å². The van der Waals surface area contributed by atoms with Crippen LogP contribution in [0.4, 0.5) is 0 Å². The van der Waals surface area contributed by atoms with Gasteiger partial charge in [-0.2, -0.15) is 0 Å². The van der Waals surface area contributed by atoms with Gasteiger partial charge in [-0.1, -0.05) is 152 Å². The van der Waals surface area contributed by atoms with E-state index in [1.807, 2.05) is 48.5 Å². The minimum absolute atomic E-state index is 0.185. The minimum Gasteiger partial charge on any atom is -0.462 e. The van der Waals surface area contributed by atoms with Crippen molar-refractivity contribution in [3.63, 3.8) is 0 Å². The normalized spacial score (nSPS) is 22.8. The second kappa shape index (κ2) is 24.5. The monoisotopic (exact) mass is 1280 g/mol. The van der Waals surface area contributed by atoms with Gasteiger partial charge >= 0.3 is 0 Å². The Hall–Kier alpha value is -8.16. The summed E-state index contributed by atoms with van der Waals surface area (Å²) in [7, 11) is 0. The third-order valence-corrected chi connectivity index (χ3v) is 19.4. The van der Waals surface area contributed by atoms with Crippen molar-refractivity contribution in [2.75, 3.05) is 52.9 Å². The summed E-state index contributed by atoms with van der Waals surface area (Å²) in [5.74, 6) is 6.02. The van der Waals surface area contributed by atoms with Gasteiger partial charge in [0.15, 0.2) is 0 Å². The maximum absolute atomic E-state index is 7.18. The van der Waals surface area contributed by atoms with Gasteiger partial charge in [-0.25, -0.2) is 0 Å². The Kier molecular flexibility index (Phi) is 15.9. The fourth-order valence-corrected chi connectivity index (χ4v) is 12.6. The molecule has 0 bridgehead atoms. The molecular formula is C79H80O16. The topological polar surface area (TPSA) is 174 Å². The molecule has 492 valence electrons. The standard InChI is InChI=1S/C79H80O16/c1-76(2,52-9-19-60(20-10-52)88-66-38-80-66)56-17-27-64(92-70-42-84-70)46(32-56)29-48-34-58(78(5,6)54-13-23-62(24-14-54)90-68-40-82-68)36-50(74(48)94-72-44-86-72)31-51-37-59(79(7,8)55-15-25-63(26-16-55)91-69-41-83-69)35-49(75(51)95-73-45-87-73)30-47-33-57(18-28-65(47)93-71-43-85-71)77(3,4)53-11-21-61(22-12-53)89-67-39-81-67/h9-28,32-37,66-73H,29-31,38-45H2,1-8H3. The van der Waals surface area contributed by atoms with Crippen LogP contribution in [0, 0.1) is 0 Å². The van der Waals surface area contributed by atoms with Crippen LogP contribution in [0.15, 0.2) is 158 Å². The molecule has 8 fully saturated rings. The van der Waals surface area contributed by atoms with E-state index < -0.39 is 34.2 Å². The molecule has 8 saturated heterocycles. The zero-order chi connectivity index (χ0) is 64.8. The van der Waals surface area contributed by atoms with E-state index in [-0.39, 0.29) is 37.7 Å². The highest BCUT2D eigenvalue weighted by Gasteiger charge is 2.38. The number of epoxide rings is 8. The molecule has 8 unspecified atom stereocenters. The first-order valence-electron chi connectivity index (χ1n) is 33.2. The van der Waals surface area contributed by atoms with Crippen molar-refractivity contribution < 1.29 is 75.8 Å². The Balaban J connectivity index is 0.843. The Labute approximate surface area is 554 Å². The summed E-state index contributed by atoms with van der Waals surface area (Å²) in [4.78, 5) is 0. The lowest BCUT2D eigenvalue weighted by Gasteiger charge is -2.31. The van der Waals surface area contributed by atoms with Crippen LogP contribution in [-0.4, -0.2) is 103 Å². The predicted molar refractivity (Wildman–Crippen MR) is 351 cm³/mol. The number of rotatable bonds is 30. The molecule has 0 aromatic heterocycles. The maximum atomic E-state index is 7.18. The zero-order valence-corrected chi connectivity index (χ0v) is 54.9. The molecule has 8 atom stereocenters. The van der Waals surface area contributed by atoms with Gasteiger partial charge in [-0.05, 0) is 139 Å². The summed E-state index contributed by atoms with van der Waals surface area (Å²) >= 11 is 0.